The van der Waals surface area contributed by atoms with E-state index in [0.29, 0.717) is 27.8 Å². The zero-order valence-electron chi connectivity index (χ0n) is 17.0. The van der Waals surface area contributed by atoms with Gasteiger partial charge in [0, 0.05) is 27.6 Å². The van der Waals surface area contributed by atoms with Gasteiger partial charge in [-0.25, -0.2) is 4.90 Å². The highest BCUT2D eigenvalue weighted by atomic mass is 19.4. The van der Waals surface area contributed by atoms with E-state index in [1.807, 2.05) is 12.1 Å². The Morgan fingerprint density at radius 1 is 0.667 bits per heavy atom. The van der Waals surface area contributed by atoms with Crippen LogP contribution in [-0.4, -0.2) is 11.8 Å². The molecule has 0 fully saturated rings. The van der Waals surface area contributed by atoms with Crippen LogP contribution < -0.4 is 4.90 Å². The van der Waals surface area contributed by atoms with Crippen molar-refractivity contribution in [1.29, 1.82) is 0 Å². The lowest BCUT2D eigenvalue weighted by Crippen LogP contribution is -2.40. The molecule has 33 heavy (non-hydrogen) atoms. The maximum atomic E-state index is 13.2. The maximum Gasteiger partial charge on any atom is 0.416 e. The first kappa shape index (κ1) is 20.5. The molecule has 1 heterocycles. The van der Waals surface area contributed by atoms with Crippen molar-refractivity contribution in [2.75, 3.05) is 4.90 Å². The topological polar surface area (TPSA) is 37.4 Å². The molecule has 160 valence electrons. The van der Waals surface area contributed by atoms with Crippen molar-refractivity contribution in [1.82, 2.24) is 0 Å². The summed E-state index contributed by atoms with van der Waals surface area (Å²) >= 11 is 0. The third-order valence-electron chi connectivity index (χ3n) is 5.42. The second kappa shape index (κ2) is 7.64. The Kier molecular flexibility index (Phi) is 4.75. The van der Waals surface area contributed by atoms with Crippen molar-refractivity contribution in [3.63, 3.8) is 0 Å². The SMILES string of the molecule is O=C1c2cccc3cccc(c23)C(=O)N1c1cccc(C#Cc2cccc(C(F)(F)F)c2)c1. The van der Waals surface area contributed by atoms with Crippen LogP contribution in [0.2, 0.25) is 0 Å². The molecule has 3 nitrogen and oxygen atoms in total. The van der Waals surface area contributed by atoms with Gasteiger partial charge in [-0.1, -0.05) is 48.2 Å². The molecule has 0 N–H and O–H groups in total. The summed E-state index contributed by atoms with van der Waals surface area (Å²) in [7, 11) is 0. The number of benzene rings is 4. The zero-order chi connectivity index (χ0) is 23.2. The number of halogens is 3. The number of rotatable bonds is 1. The van der Waals surface area contributed by atoms with E-state index in [2.05, 4.69) is 11.8 Å². The molecule has 0 bridgehead atoms. The average molecular weight is 441 g/mol. The molecule has 5 rings (SSSR count). The molecular weight excluding hydrogens is 427 g/mol. The molecule has 2 amide bonds. The highest BCUT2D eigenvalue weighted by molar-refractivity contribution is 6.35. The summed E-state index contributed by atoms with van der Waals surface area (Å²) in [5.41, 5.74) is 1.10. The normalized spacial score (nSPS) is 13.1. The largest absolute Gasteiger partial charge is 0.416 e. The number of hydrogen-bond donors (Lipinski definition) is 0. The first-order chi connectivity index (χ1) is 15.8. The molecule has 0 saturated carbocycles. The fourth-order valence-corrected chi connectivity index (χ4v) is 3.91. The van der Waals surface area contributed by atoms with Gasteiger partial charge >= 0.3 is 6.18 Å². The number of hydrogen-bond acceptors (Lipinski definition) is 2. The van der Waals surface area contributed by atoms with Crippen LogP contribution in [0.4, 0.5) is 18.9 Å². The molecule has 0 unspecified atom stereocenters. The van der Waals surface area contributed by atoms with Gasteiger partial charge in [0.25, 0.3) is 11.8 Å². The van der Waals surface area contributed by atoms with Crippen LogP contribution in [-0.2, 0) is 6.18 Å². The number of carbonyl (C=O) groups is 2. The summed E-state index contributed by atoms with van der Waals surface area (Å²) in [5, 5.41) is 1.44. The van der Waals surface area contributed by atoms with E-state index in [1.54, 1.807) is 48.5 Å². The Hall–Kier alpha value is -4.37. The van der Waals surface area contributed by atoms with Gasteiger partial charge in [-0.05, 0) is 53.9 Å². The summed E-state index contributed by atoms with van der Waals surface area (Å²) in [6, 6.07) is 21.9. The lowest BCUT2D eigenvalue weighted by atomic mass is 9.93. The maximum absolute atomic E-state index is 13.2. The van der Waals surface area contributed by atoms with Gasteiger partial charge in [0.2, 0.25) is 0 Å². The summed E-state index contributed by atoms with van der Waals surface area (Å²) in [5.74, 6) is 4.66. The lowest BCUT2D eigenvalue weighted by Gasteiger charge is -2.27. The van der Waals surface area contributed by atoms with E-state index in [1.165, 1.54) is 12.1 Å². The molecule has 0 saturated heterocycles. The molecule has 6 heteroatoms. The molecule has 0 spiro atoms. The molecular formula is C27H14F3NO2. The minimum atomic E-state index is -4.45. The Morgan fingerprint density at radius 3 is 1.82 bits per heavy atom. The molecule has 0 aromatic heterocycles. The fourth-order valence-electron chi connectivity index (χ4n) is 3.91. The third-order valence-corrected chi connectivity index (χ3v) is 5.42. The van der Waals surface area contributed by atoms with Crippen molar-refractivity contribution in [2.45, 2.75) is 6.18 Å². The van der Waals surface area contributed by atoms with Crippen LogP contribution in [0.25, 0.3) is 10.8 Å². The van der Waals surface area contributed by atoms with E-state index in [-0.39, 0.29) is 5.56 Å². The first-order valence-corrected chi connectivity index (χ1v) is 10.0. The second-order valence-electron chi connectivity index (χ2n) is 7.53. The van der Waals surface area contributed by atoms with Crippen molar-refractivity contribution in [2.24, 2.45) is 0 Å². The number of nitrogens with zero attached hydrogens (tertiary/aromatic N) is 1. The van der Waals surface area contributed by atoms with Gasteiger partial charge in [0.15, 0.2) is 0 Å². The molecule has 1 aliphatic rings. The van der Waals surface area contributed by atoms with E-state index < -0.39 is 23.6 Å². The second-order valence-corrected chi connectivity index (χ2v) is 7.53. The average Bonchev–Trinajstić information content (AvgIpc) is 2.81. The van der Waals surface area contributed by atoms with Crippen LogP contribution in [0.15, 0.2) is 84.9 Å². The lowest BCUT2D eigenvalue weighted by molar-refractivity contribution is -0.137. The van der Waals surface area contributed by atoms with Crippen molar-refractivity contribution >= 4 is 28.3 Å². The van der Waals surface area contributed by atoms with Gasteiger partial charge in [0.1, 0.15) is 0 Å². The van der Waals surface area contributed by atoms with E-state index in [0.717, 1.165) is 22.4 Å². The highest BCUT2D eigenvalue weighted by Crippen LogP contribution is 2.33. The Morgan fingerprint density at radius 2 is 1.21 bits per heavy atom. The van der Waals surface area contributed by atoms with Crippen LogP contribution in [0.1, 0.15) is 37.4 Å². The number of carbonyl (C=O) groups excluding carboxylic acids is 2. The van der Waals surface area contributed by atoms with E-state index in [9.17, 15) is 22.8 Å². The van der Waals surface area contributed by atoms with Crippen LogP contribution in [0, 0.1) is 11.8 Å². The van der Waals surface area contributed by atoms with Crippen LogP contribution in [0.3, 0.4) is 0 Å². The number of anilines is 1. The molecule has 4 aromatic rings. The smallest absolute Gasteiger partial charge is 0.268 e. The number of imide groups is 1. The number of amides is 2. The van der Waals surface area contributed by atoms with Crippen LogP contribution >= 0.6 is 0 Å². The molecule has 0 atom stereocenters. The van der Waals surface area contributed by atoms with Gasteiger partial charge < -0.3 is 0 Å². The standard InChI is InChI=1S/C27H14F3NO2/c28-27(29,30)20-9-1-5-17(15-20)13-14-18-6-2-10-21(16-18)31-25(32)22-11-3-7-19-8-4-12-23(24(19)22)26(31)33/h1-12,15-16H. The summed E-state index contributed by atoms with van der Waals surface area (Å²) in [4.78, 5) is 27.5. The molecule has 4 aromatic carbocycles. The van der Waals surface area contributed by atoms with Gasteiger partial charge in [-0.2, -0.15) is 13.2 Å². The predicted molar refractivity (Wildman–Crippen MR) is 119 cm³/mol. The quantitative estimate of drug-likeness (QED) is 0.266. The van der Waals surface area contributed by atoms with E-state index in [4.69, 9.17) is 0 Å². The fraction of sp³-hybridized carbons (Fsp3) is 0.0370. The van der Waals surface area contributed by atoms with Crippen LogP contribution in [0.5, 0.6) is 0 Å². The summed E-state index contributed by atoms with van der Waals surface area (Å²) < 4.78 is 38.8. The minimum absolute atomic E-state index is 0.209. The van der Waals surface area contributed by atoms with Crippen molar-refractivity contribution in [3.8, 4) is 11.8 Å². The van der Waals surface area contributed by atoms with Crippen molar-refractivity contribution < 1.29 is 22.8 Å². The molecule has 1 aliphatic heterocycles. The zero-order valence-corrected chi connectivity index (χ0v) is 17.0. The minimum Gasteiger partial charge on any atom is -0.268 e. The summed E-state index contributed by atoms with van der Waals surface area (Å²) in [6.45, 7) is 0. The Balaban J connectivity index is 1.52. The van der Waals surface area contributed by atoms with Gasteiger partial charge in [-0.15, -0.1) is 0 Å². The molecule has 0 radical (unpaired) electrons. The van der Waals surface area contributed by atoms with Crippen molar-refractivity contribution in [3.05, 3.63) is 113 Å². The third kappa shape index (κ3) is 3.64. The van der Waals surface area contributed by atoms with Gasteiger partial charge in [0.05, 0.1) is 11.3 Å². The monoisotopic (exact) mass is 441 g/mol. The summed E-state index contributed by atoms with van der Waals surface area (Å²) in [6.07, 6.45) is -4.45. The predicted octanol–water partition coefficient (Wildman–Crippen LogP) is 6.06. The first-order valence-electron chi connectivity index (χ1n) is 10.0. The Bertz CT molecular complexity index is 1460. The highest BCUT2D eigenvalue weighted by Gasteiger charge is 2.34. The number of alkyl halides is 3. The van der Waals surface area contributed by atoms with Gasteiger partial charge in [-0.3, -0.25) is 9.59 Å². The Labute approximate surface area is 187 Å². The van der Waals surface area contributed by atoms with E-state index >= 15 is 0 Å². The molecule has 0 aliphatic carbocycles.